The van der Waals surface area contributed by atoms with Crippen LogP contribution in [0, 0.1) is 5.41 Å². The van der Waals surface area contributed by atoms with Crippen molar-refractivity contribution in [2.24, 2.45) is 5.41 Å². The van der Waals surface area contributed by atoms with E-state index in [1.54, 1.807) is 19.1 Å². The molecule has 0 aliphatic carbocycles. The average Bonchev–Trinajstić information content (AvgIpc) is 2.47. The number of carbonyl (C=O) groups excluding carboxylic acids is 2. The van der Waals surface area contributed by atoms with Crippen LogP contribution in [0.3, 0.4) is 0 Å². The molecule has 0 spiro atoms. The summed E-state index contributed by atoms with van der Waals surface area (Å²) in [5, 5.41) is 0. The minimum absolute atomic E-state index is 0.151. The maximum Gasteiger partial charge on any atom is 0.319 e. The SMILES string of the molecule is CCCCOC(=O)C(C)(CCC)C(=O)c1ccccc1. The van der Waals surface area contributed by atoms with Crippen molar-refractivity contribution in [1.82, 2.24) is 0 Å². The second kappa shape index (κ2) is 7.83. The number of carbonyl (C=O) groups is 2. The molecular weight excluding hydrogens is 252 g/mol. The number of ether oxygens (including phenoxy) is 1. The molecule has 110 valence electrons. The van der Waals surface area contributed by atoms with Crippen molar-refractivity contribution in [2.45, 2.75) is 46.5 Å². The first-order valence-corrected chi connectivity index (χ1v) is 7.33. The normalized spacial score (nSPS) is 13.6. The number of hydrogen-bond acceptors (Lipinski definition) is 3. The molecule has 1 rings (SSSR count). The van der Waals surface area contributed by atoms with Crippen molar-refractivity contribution < 1.29 is 14.3 Å². The quantitative estimate of drug-likeness (QED) is 0.312. The molecule has 20 heavy (non-hydrogen) atoms. The highest BCUT2D eigenvalue weighted by Crippen LogP contribution is 2.30. The van der Waals surface area contributed by atoms with Crippen LogP contribution in [0.25, 0.3) is 0 Å². The molecule has 3 heteroatoms. The van der Waals surface area contributed by atoms with E-state index in [1.165, 1.54) is 0 Å². The van der Waals surface area contributed by atoms with Crippen molar-refractivity contribution in [3.05, 3.63) is 35.9 Å². The van der Waals surface area contributed by atoms with Gasteiger partial charge in [0.25, 0.3) is 0 Å². The van der Waals surface area contributed by atoms with E-state index < -0.39 is 11.4 Å². The summed E-state index contributed by atoms with van der Waals surface area (Å²) in [4.78, 5) is 24.9. The molecule has 0 fully saturated rings. The first kappa shape index (κ1) is 16.4. The van der Waals surface area contributed by atoms with E-state index in [9.17, 15) is 9.59 Å². The lowest BCUT2D eigenvalue weighted by molar-refractivity contribution is -0.152. The van der Waals surface area contributed by atoms with Gasteiger partial charge in [0, 0.05) is 5.56 Å². The summed E-state index contributed by atoms with van der Waals surface area (Å²) in [6.45, 7) is 6.08. The van der Waals surface area contributed by atoms with Crippen molar-refractivity contribution >= 4 is 11.8 Å². The van der Waals surface area contributed by atoms with E-state index in [0.717, 1.165) is 19.3 Å². The van der Waals surface area contributed by atoms with E-state index in [0.29, 0.717) is 18.6 Å². The zero-order chi connectivity index (χ0) is 15.0. The number of benzene rings is 1. The number of ketones is 1. The third-order valence-corrected chi connectivity index (χ3v) is 3.47. The number of hydrogen-bond donors (Lipinski definition) is 0. The van der Waals surface area contributed by atoms with Crippen molar-refractivity contribution in [2.75, 3.05) is 6.61 Å². The third kappa shape index (κ3) is 3.92. The fraction of sp³-hybridized carbons (Fsp3) is 0.529. The van der Waals surface area contributed by atoms with Gasteiger partial charge in [0.2, 0.25) is 0 Å². The summed E-state index contributed by atoms with van der Waals surface area (Å²) in [5.74, 6) is -0.553. The van der Waals surface area contributed by atoms with Crippen molar-refractivity contribution in [3.63, 3.8) is 0 Å². The highest BCUT2D eigenvalue weighted by Gasteiger charge is 2.41. The Hall–Kier alpha value is -1.64. The van der Waals surface area contributed by atoms with E-state index in [-0.39, 0.29) is 5.78 Å². The van der Waals surface area contributed by atoms with Gasteiger partial charge in [0.15, 0.2) is 5.78 Å². The first-order valence-electron chi connectivity index (χ1n) is 7.33. The van der Waals surface area contributed by atoms with Gasteiger partial charge in [-0.05, 0) is 19.8 Å². The number of Topliss-reactive ketones (excluding diaryl/α,β-unsaturated/α-hetero) is 1. The molecule has 0 saturated heterocycles. The van der Waals surface area contributed by atoms with Crippen LogP contribution in [0.1, 0.15) is 56.8 Å². The second-order valence-electron chi connectivity index (χ2n) is 5.27. The van der Waals surface area contributed by atoms with Gasteiger partial charge >= 0.3 is 5.97 Å². The van der Waals surface area contributed by atoms with Crippen molar-refractivity contribution in [1.29, 1.82) is 0 Å². The Bertz CT molecular complexity index is 439. The maximum atomic E-state index is 12.6. The van der Waals surface area contributed by atoms with Crippen LogP contribution in [0.15, 0.2) is 30.3 Å². The van der Waals surface area contributed by atoms with Gasteiger partial charge in [-0.1, -0.05) is 57.0 Å². The largest absolute Gasteiger partial charge is 0.465 e. The molecule has 0 amide bonds. The lowest BCUT2D eigenvalue weighted by Gasteiger charge is -2.25. The van der Waals surface area contributed by atoms with E-state index >= 15 is 0 Å². The van der Waals surface area contributed by atoms with E-state index in [2.05, 4.69) is 0 Å². The molecule has 0 saturated carbocycles. The molecular formula is C17H24O3. The first-order chi connectivity index (χ1) is 9.56. The van der Waals surface area contributed by atoms with Crippen LogP contribution in [0.2, 0.25) is 0 Å². The molecule has 1 aromatic rings. The molecule has 0 aromatic heterocycles. The second-order valence-corrected chi connectivity index (χ2v) is 5.27. The van der Waals surface area contributed by atoms with Gasteiger partial charge in [-0.2, -0.15) is 0 Å². The fourth-order valence-electron chi connectivity index (χ4n) is 2.18. The van der Waals surface area contributed by atoms with Crippen molar-refractivity contribution in [3.8, 4) is 0 Å². The van der Waals surface area contributed by atoms with E-state index in [1.807, 2.05) is 32.0 Å². The standard InChI is InChI=1S/C17H24O3/c1-4-6-13-20-16(19)17(3,12-5-2)15(18)14-10-8-7-9-11-14/h7-11H,4-6,12-13H2,1-3H3. The van der Waals surface area contributed by atoms with E-state index in [4.69, 9.17) is 4.74 Å². The molecule has 1 atom stereocenters. The summed E-state index contributed by atoms with van der Waals surface area (Å²) in [6.07, 6.45) is 3.06. The molecule has 0 radical (unpaired) electrons. The summed E-state index contributed by atoms with van der Waals surface area (Å²) < 4.78 is 5.28. The predicted molar refractivity (Wildman–Crippen MR) is 79.7 cm³/mol. The van der Waals surface area contributed by atoms with Crippen LogP contribution in [-0.4, -0.2) is 18.4 Å². The summed E-state index contributed by atoms with van der Waals surface area (Å²) in [5.41, 5.74) is -0.514. The smallest absolute Gasteiger partial charge is 0.319 e. The third-order valence-electron chi connectivity index (χ3n) is 3.47. The molecule has 0 aliphatic rings. The zero-order valence-corrected chi connectivity index (χ0v) is 12.6. The molecule has 1 unspecified atom stereocenters. The molecule has 1 aromatic carbocycles. The Balaban J connectivity index is 2.90. The van der Waals surface area contributed by atoms with Crippen LogP contribution in [0.5, 0.6) is 0 Å². The van der Waals surface area contributed by atoms with Gasteiger partial charge in [-0.3, -0.25) is 9.59 Å². The summed E-state index contributed by atoms with van der Waals surface area (Å²) >= 11 is 0. The molecule has 0 aliphatic heterocycles. The van der Waals surface area contributed by atoms with Gasteiger partial charge in [-0.15, -0.1) is 0 Å². The lowest BCUT2D eigenvalue weighted by Crippen LogP contribution is -2.38. The highest BCUT2D eigenvalue weighted by atomic mass is 16.5. The summed E-state index contributed by atoms with van der Waals surface area (Å²) in [6, 6.07) is 8.96. The van der Waals surface area contributed by atoms with Gasteiger partial charge in [-0.25, -0.2) is 0 Å². The Kier molecular flexibility index (Phi) is 6.43. The fourth-order valence-corrected chi connectivity index (χ4v) is 2.18. The number of unbranched alkanes of at least 4 members (excludes halogenated alkanes) is 1. The maximum absolute atomic E-state index is 12.6. The molecule has 0 bridgehead atoms. The Morgan fingerprint density at radius 1 is 1.10 bits per heavy atom. The lowest BCUT2D eigenvalue weighted by atomic mass is 9.78. The minimum atomic E-state index is -1.08. The van der Waals surface area contributed by atoms with Crippen LogP contribution < -0.4 is 0 Å². The van der Waals surface area contributed by atoms with Crippen LogP contribution >= 0.6 is 0 Å². The number of rotatable bonds is 8. The summed E-state index contributed by atoms with van der Waals surface area (Å²) in [7, 11) is 0. The zero-order valence-electron chi connectivity index (χ0n) is 12.6. The number of esters is 1. The van der Waals surface area contributed by atoms with Gasteiger partial charge in [0.05, 0.1) is 6.61 Å². The monoisotopic (exact) mass is 276 g/mol. The minimum Gasteiger partial charge on any atom is -0.465 e. The van der Waals surface area contributed by atoms with Crippen LogP contribution in [-0.2, 0) is 9.53 Å². The molecule has 3 nitrogen and oxygen atoms in total. The predicted octanol–water partition coefficient (Wildman–Crippen LogP) is 4.02. The topological polar surface area (TPSA) is 43.4 Å². The Labute approximate surface area is 121 Å². The molecule has 0 N–H and O–H groups in total. The van der Waals surface area contributed by atoms with Gasteiger partial charge < -0.3 is 4.74 Å². The highest BCUT2D eigenvalue weighted by molar-refractivity contribution is 6.12. The Morgan fingerprint density at radius 2 is 1.75 bits per heavy atom. The Morgan fingerprint density at radius 3 is 2.30 bits per heavy atom. The molecule has 0 heterocycles. The van der Waals surface area contributed by atoms with Gasteiger partial charge in [0.1, 0.15) is 5.41 Å². The van der Waals surface area contributed by atoms with Crippen LogP contribution in [0.4, 0.5) is 0 Å². The average molecular weight is 276 g/mol.